The Hall–Kier alpha value is -1.28. The molecule has 0 aromatic heterocycles. The van der Waals surface area contributed by atoms with E-state index >= 15 is 0 Å². The SMILES string of the molecule is CC1=C(C)CN(c2ccccc2C)OC1. The Morgan fingerprint density at radius 2 is 1.80 bits per heavy atom. The molecule has 2 rings (SSSR count). The van der Waals surface area contributed by atoms with Gasteiger partial charge in [-0.1, -0.05) is 23.8 Å². The molecule has 15 heavy (non-hydrogen) atoms. The van der Waals surface area contributed by atoms with Crippen molar-refractivity contribution in [1.29, 1.82) is 0 Å². The molecule has 0 saturated carbocycles. The summed E-state index contributed by atoms with van der Waals surface area (Å²) in [5, 5.41) is 1.98. The van der Waals surface area contributed by atoms with E-state index < -0.39 is 0 Å². The number of nitrogens with zero attached hydrogens (tertiary/aromatic N) is 1. The zero-order chi connectivity index (χ0) is 10.8. The molecule has 1 aromatic carbocycles. The van der Waals surface area contributed by atoms with Gasteiger partial charge in [0.15, 0.2) is 0 Å². The summed E-state index contributed by atoms with van der Waals surface area (Å²) in [7, 11) is 0. The smallest absolute Gasteiger partial charge is 0.0960 e. The van der Waals surface area contributed by atoms with E-state index in [0.717, 1.165) is 6.54 Å². The van der Waals surface area contributed by atoms with Crippen LogP contribution in [0.25, 0.3) is 0 Å². The van der Waals surface area contributed by atoms with Crippen molar-refractivity contribution < 1.29 is 4.84 Å². The molecule has 0 radical (unpaired) electrons. The zero-order valence-electron chi connectivity index (χ0n) is 9.58. The molecule has 0 fully saturated rings. The number of hydrogen-bond acceptors (Lipinski definition) is 2. The van der Waals surface area contributed by atoms with E-state index in [4.69, 9.17) is 4.84 Å². The van der Waals surface area contributed by atoms with Crippen LogP contribution in [0.3, 0.4) is 0 Å². The summed E-state index contributed by atoms with van der Waals surface area (Å²) in [5.41, 5.74) is 5.18. The van der Waals surface area contributed by atoms with Gasteiger partial charge in [0.05, 0.1) is 18.8 Å². The number of hydrogen-bond donors (Lipinski definition) is 0. The van der Waals surface area contributed by atoms with Crippen LogP contribution in [-0.4, -0.2) is 13.2 Å². The fourth-order valence-electron chi connectivity index (χ4n) is 1.69. The van der Waals surface area contributed by atoms with Crippen LogP contribution in [0.2, 0.25) is 0 Å². The van der Waals surface area contributed by atoms with Gasteiger partial charge in [-0.15, -0.1) is 0 Å². The van der Waals surface area contributed by atoms with Crippen LogP contribution in [0.5, 0.6) is 0 Å². The predicted octanol–water partition coefficient (Wildman–Crippen LogP) is 3.08. The van der Waals surface area contributed by atoms with Crippen molar-refractivity contribution in [2.24, 2.45) is 0 Å². The average molecular weight is 203 g/mol. The molecule has 0 aliphatic carbocycles. The fraction of sp³-hybridized carbons (Fsp3) is 0.385. The van der Waals surface area contributed by atoms with E-state index in [0.29, 0.717) is 6.61 Å². The number of anilines is 1. The summed E-state index contributed by atoms with van der Waals surface area (Å²) in [6.07, 6.45) is 0. The summed E-state index contributed by atoms with van der Waals surface area (Å²) in [6, 6.07) is 8.31. The Balaban J connectivity index is 2.24. The third-order valence-electron chi connectivity index (χ3n) is 2.93. The quantitative estimate of drug-likeness (QED) is 0.650. The maximum Gasteiger partial charge on any atom is 0.0960 e. The van der Waals surface area contributed by atoms with Gasteiger partial charge in [0.1, 0.15) is 0 Å². The van der Waals surface area contributed by atoms with Crippen LogP contribution >= 0.6 is 0 Å². The van der Waals surface area contributed by atoms with Crippen molar-refractivity contribution >= 4 is 5.69 Å². The number of benzene rings is 1. The van der Waals surface area contributed by atoms with Crippen molar-refractivity contribution in [1.82, 2.24) is 0 Å². The van der Waals surface area contributed by atoms with Gasteiger partial charge >= 0.3 is 0 Å². The first-order valence-corrected chi connectivity index (χ1v) is 5.30. The topological polar surface area (TPSA) is 12.5 Å². The molecule has 1 heterocycles. The van der Waals surface area contributed by atoms with Crippen LogP contribution in [0.1, 0.15) is 19.4 Å². The van der Waals surface area contributed by atoms with Crippen molar-refractivity contribution in [2.45, 2.75) is 20.8 Å². The molecule has 2 heteroatoms. The largest absolute Gasteiger partial charge is 0.269 e. The summed E-state index contributed by atoms with van der Waals surface area (Å²) in [5.74, 6) is 0. The highest BCUT2D eigenvalue weighted by atomic mass is 16.7. The average Bonchev–Trinajstić information content (AvgIpc) is 2.23. The fourth-order valence-corrected chi connectivity index (χ4v) is 1.69. The van der Waals surface area contributed by atoms with Crippen molar-refractivity contribution in [3.63, 3.8) is 0 Å². The second-order valence-electron chi connectivity index (χ2n) is 4.16. The molecular formula is C13H17NO. The predicted molar refractivity (Wildman–Crippen MR) is 62.9 cm³/mol. The number of hydroxylamine groups is 1. The highest BCUT2D eigenvalue weighted by Gasteiger charge is 2.16. The Bertz CT molecular complexity index is 395. The summed E-state index contributed by atoms with van der Waals surface area (Å²) in [4.78, 5) is 5.70. The minimum atomic E-state index is 0.708. The van der Waals surface area contributed by atoms with Gasteiger partial charge in [-0.05, 0) is 38.0 Å². The monoisotopic (exact) mass is 203 g/mol. The lowest BCUT2D eigenvalue weighted by Gasteiger charge is -2.30. The Kier molecular flexibility index (Phi) is 2.78. The lowest BCUT2D eigenvalue weighted by atomic mass is 10.1. The van der Waals surface area contributed by atoms with Gasteiger partial charge in [-0.3, -0.25) is 4.84 Å². The van der Waals surface area contributed by atoms with Gasteiger partial charge in [0, 0.05) is 0 Å². The molecule has 0 amide bonds. The summed E-state index contributed by atoms with van der Waals surface area (Å²) >= 11 is 0. The number of aryl methyl sites for hydroxylation is 1. The minimum Gasteiger partial charge on any atom is -0.269 e. The van der Waals surface area contributed by atoms with E-state index in [1.165, 1.54) is 22.4 Å². The molecule has 0 saturated heterocycles. The van der Waals surface area contributed by atoms with Gasteiger partial charge in [0.25, 0.3) is 0 Å². The van der Waals surface area contributed by atoms with Gasteiger partial charge in [-0.2, -0.15) is 0 Å². The molecule has 0 unspecified atom stereocenters. The van der Waals surface area contributed by atoms with E-state index in [1.807, 2.05) is 11.1 Å². The first-order chi connectivity index (χ1) is 7.18. The molecule has 1 aliphatic heterocycles. The van der Waals surface area contributed by atoms with Gasteiger partial charge < -0.3 is 0 Å². The molecule has 80 valence electrons. The number of para-hydroxylation sites is 1. The standard InChI is InChI=1S/C13H17NO/c1-10-6-4-5-7-13(10)14-8-11(2)12(3)9-15-14/h4-7H,8-9H2,1-3H3. The van der Waals surface area contributed by atoms with Crippen molar-refractivity contribution in [2.75, 3.05) is 18.2 Å². The van der Waals surface area contributed by atoms with E-state index in [2.05, 4.69) is 39.0 Å². The summed E-state index contributed by atoms with van der Waals surface area (Å²) < 4.78 is 0. The minimum absolute atomic E-state index is 0.708. The van der Waals surface area contributed by atoms with Crippen molar-refractivity contribution in [3.05, 3.63) is 41.0 Å². The van der Waals surface area contributed by atoms with Gasteiger partial charge in [0.2, 0.25) is 0 Å². The molecule has 0 atom stereocenters. The third-order valence-corrected chi connectivity index (χ3v) is 2.93. The zero-order valence-corrected chi connectivity index (χ0v) is 9.58. The maximum absolute atomic E-state index is 5.70. The lowest BCUT2D eigenvalue weighted by molar-refractivity contribution is 0.122. The Morgan fingerprint density at radius 1 is 1.07 bits per heavy atom. The van der Waals surface area contributed by atoms with Crippen LogP contribution < -0.4 is 5.06 Å². The van der Waals surface area contributed by atoms with Crippen LogP contribution in [0, 0.1) is 6.92 Å². The first-order valence-electron chi connectivity index (χ1n) is 5.30. The normalized spacial score (nSPS) is 17.1. The summed E-state index contributed by atoms with van der Waals surface area (Å²) in [6.45, 7) is 7.99. The second-order valence-corrected chi connectivity index (χ2v) is 4.16. The molecule has 0 bridgehead atoms. The first kappa shape index (κ1) is 10.2. The van der Waals surface area contributed by atoms with Crippen LogP contribution in [0.15, 0.2) is 35.4 Å². The van der Waals surface area contributed by atoms with E-state index in [-0.39, 0.29) is 0 Å². The number of rotatable bonds is 1. The maximum atomic E-state index is 5.70. The third kappa shape index (κ3) is 2.05. The second kappa shape index (κ2) is 4.07. The Labute approximate surface area is 91.1 Å². The molecule has 1 aromatic rings. The van der Waals surface area contributed by atoms with E-state index in [1.54, 1.807) is 0 Å². The molecule has 2 nitrogen and oxygen atoms in total. The Morgan fingerprint density at radius 3 is 2.47 bits per heavy atom. The van der Waals surface area contributed by atoms with E-state index in [9.17, 15) is 0 Å². The molecule has 0 N–H and O–H groups in total. The molecule has 0 spiro atoms. The highest BCUT2D eigenvalue weighted by molar-refractivity contribution is 5.52. The van der Waals surface area contributed by atoms with Crippen molar-refractivity contribution in [3.8, 4) is 0 Å². The molecule has 1 aliphatic rings. The lowest BCUT2D eigenvalue weighted by Crippen LogP contribution is -2.31. The molecular weight excluding hydrogens is 186 g/mol. The van der Waals surface area contributed by atoms with Gasteiger partial charge in [-0.25, -0.2) is 5.06 Å². The van der Waals surface area contributed by atoms with Crippen LogP contribution in [0.4, 0.5) is 5.69 Å². The highest BCUT2D eigenvalue weighted by Crippen LogP contribution is 2.24. The van der Waals surface area contributed by atoms with Crippen LogP contribution in [-0.2, 0) is 4.84 Å².